The van der Waals surface area contributed by atoms with Crippen LogP contribution in [0.25, 0.3) is 0 Å². The third kappa shape index (κ3) is 16.1. The van der Waals surface area contributed by atoms with Crippen molar-refractivity contribution in [2.24, 2.45) is 0 Å². The van der Waals surface area contributed by atoms with Crippen LogP contribution < -0.4 is 0 Å². The molecule has 0 radical (unpaired) electrons. The smallest absolute Gasteiger partial charge is 0.358 e. The largest absolute Gasteiger partial charge is 2.00 e. The Morgan fingerprint density at radius 2 is 0.720 bits per heavy atom. The number of hydrogen-bond acceptors (Lipinski definition) is 0. The van der Waals surface area contributed by atoms with Crippen molar-refractivity contribution in [3.05, 3.63) is 101 Å². The van der Waals surface area contributed by atoms with Gasteiger partial charge in [-0.1, -0.05) is 19.3 Å². The second-order valence-electron chi connectivity index (χ2n) is 3.97. The summed E-state index contributed by atoms with van der Waals surface area (Å²) in [6.07, 6.45) is 0. The van der Waals surface area contributed by atoms with Crippen LogP contribution in [0.4, 0.5) is 0 Å². The third-order valence-corrected chi connectivity index (χ3v) is 2.77. The van der Waals surface area contributed by atoms with E-state index >= 15 is 0 Å². The fourth-order valence-corrected chi connectivity index (χ4v) is 1.75. The zero-order valence-corrected chi connectivity index (χ0v) is 17.9. The molecule has 0 aliphatic heterocycles. The average molecular weight is 515 g/mol. The van der Waals surface area contributed by atoms with Crippen molar-refractivity contribution in [3.8, 4) is 0 Å². The van der Waals surface area contributed by atoms with Crippen molar-refractivity contribution in [1.29, 1.82) is 0 Å². The van der Waals surface area contributed by atoms with Crippen LogP contribution in [0.2, 0.25) is 0 Å². The fourth-order valence-electron chi connectivity index (χ4n) is 1.75. The zero-order chi connectivity index (χ0) is 17.3. The van der Waals surface area contributed by atoms with Crippen LogP contribution in [0, 0.1) is 41.5 Å². The van der Waals surface area contributed by atoms with E-state index in [9.17, 15) is 0 Å². The maximum atomic E-state index is 7.50. The van der Waals surface area contributed by atoms with E-state index < -0.39 is 0 Å². The molecule has 25 heavy (non-hydrogen) atoms. The van der Waals surface area contributed by atoms with Gasteiger partial charge in [-0.2, -0.15) is 35.4 Å². The SMILES string of the molecule is CC(C)([c-]1cccc1)[c-]1cccc1.[C-]#[O+].[C-]#[O+].[C-]#[O+].[C-]#[O+].[CH3-].[CH3-].[Ru+2].[Ru+2]. The van der Waals surface area contributed by atoms with E-state index in [-0.39, 0.29) is 59.2 Å². The van der Waals surface area contributed by atoms with E-state index in [0.29, 0.717) is 0 Å². The molecule has 0 unspecified atom stereocenters. The molecule has 0 aliphatic carbocycles. The molecule has 0 aliphatic rings. The molecule has 0 bridgehead atoms. The molecule has 0 fully saturated rings. The molecule has 6 heteroatoms. The van der Waals surface area contributed by atoms with Crippen LogP contribution in [0.5, 0.6) is 0 Å². The topological polar surface area (TPSA) is 79.6 Å². The summed E-state index contributed by atoms with van der Waals surface area (Å²) in [7, 11) is 0. The van der Waals surface area contributed by atoms with Crippen molar-refractivity contribution in [1.82, 2.24) is 0 Å². The molecule has 2 aromatic rings. The van der Waals surface area contributed by atoms with Crippen molar-refractivity contribution >= 4 is 0 Å². The molecule has 0 heterocycles. The van der Waals surface area contributed by atoms with Crippen LogP contribution in [-0.2, 0) is 63.0 Å². The van der Waals surface area contributed by atoms with E-state index in [1.165, 1.54) is 11.1 Å². The maximum absolute atomic E-state index is 7.50. The van der Waals surface area contributed by atoms with Crippen molar-refractivity contribution in [2.45, 2.75) is 19.3 Å². The minimum atomic E-state index is 0. The Hall–Kier alpha value is -1.09. The fraction of sp³-hybridized carbons (Fsp3) is 0.158. The Morgan fingerprint density at radius 1 is 0.560 bits per heavy atom. The Kier molecular flexibility index (Phi) is 54.0. The first kappa shape index (κ1) is 43.9. The van der Waals surface area contributed by atoms with Gasteiger partial charge in [-0.05, 0) is 0 Å². The summed E-state index contributed by atoms with van der Waals surface area (Å²) in [6, 6.07) is 17.1. The van der Waals surface area contributed by atoms with Crippen molar-refractivity contribution in [3.63, 3.8) is 0 Å². The van der Waals surface area contributed by atoms with Crippen molar-refractivity contribution in [2.75, 3.05) is 0 Å². The van der Waals surface area contributed by atoms with Gasteiger partial charge in [0.2, 0.25) is 0 Å². The summed E-state index contributed by atoms with van der Waals surface area (Å²) in [5.41, 5.74) is 2.92. The quantitative estimate of drug-likeness (QED) is 0.327. The molecule has 2 rings (SSSR count). The van der Waals surface area contributed by atoms with Crippen LogP contribution in [0.3, 0.4) is 0 Å². The standard InChI is InChI=1S/C13H14.4CO.2CH3.2Ru/c1-13(2,11-7-3-4-8-11)12-9-5-6-10-12;4*1-2;;;;/h3-10H,1-2H3;;;;;2*1H3;;/q-2;;;;;2*-1;2*+2. The zero-order valence-electron chi connectivity index (χ0n) is 14.5. The first-order valence-corrected chi connectivity index (χ1v) is 5.47. The second kappa shape index (κ2) is 30.8. The predicted octanol–water partition coefficient (Wildman–Crippen LogP) is 4.20. The summed E-state index contributed by atoms with van der Waals surface area (Å²) < 4.78 is 30.0. The molecule has 0 amide bonds. The molecule has 2 aromatic carbocycles. The Labute approximate surface area is 177 Å². The summed E-state index contributed by atoms with van der Waals surface area (Å²) in [5.74, 6) is 0. The first-order valence-electron chi connectivity index (χ1n) is 5.47. The summed E-state index contributed by atoms with van der Waals surface area (Å²) in [6.45, 7) is 22.5. The predicted molar refractivity (Wildman–Crippen MR) is 84.7 cm³/mol. The molecular formula is C19H20O4Ru2. The van der Waals surface area contributed by atoms with Gasteiger partial charge in [0, 0.05) is 0 Å². The molecule has 0 N–H and O–H groups in total. The van der Waals surface area contributed by atoms with Gasteiger partial charge in [0.1, 0.15) is 0 Å². The van der Waals surface area contributed by atoms with E-state index in [4.69, 9.17) is 18.6 Å². The van der Waals surface area contributed by atoms with E-state index in [0.717, 1.165) is 0 Å². The molecule has 0 spiro atoms. The minimum absolute atomic E-state index is 0. The van der Waals surface area contributed by atoms with Crippen LogP contribution >= 0.6 is 0 Å². The number of rotatable bonds is 2. The summed E-state index contributed by atoms with van der Waals surface area (Å²) >= 11 is 0. The minimum Gasteiger partial charge on any atom is -0.358 e. The van der Waals surface area contributed by atoms with Gasteiger partial charge < -0.3 is 14.9 Å². The maximum Gasteiger partial charge on any atom is 2.00 e. The Balaban J connectivity index is -0.0000000483. The van der Waals surface area contributed by atoms with Gasteiger partial charge in [-0.15, -0.1) is 0 Å². The van der Waals surface area contributed by atoms with Crippen LogP contribution in [-0.4, -0.2) is 0 Å². The van der Waals surface area contributed by atoms with Crippen LogP contribution in [0.1, 0.15) is 25.0 Å². The monoisotopic (exact) mass is 516 g/mol. The molecule has 0 aromatic heterocycles. The van der Waals surface area contributed by atoms with Crippen molar-refractivity contribution < 1.29 is 57.6 Å². The third-order valence-electron chi connectivity index (χ3n) is 2.77. The molecule has 136 valence electrons. The summed E-state index contributed by atoms with van der Waals surface area (Å²) in [4.78, 5) is 0. The van der Waals surface area contributed by atoms with E-state index in [1.54, 1.807) is 0 Å². The average Bonchev–Trinajstić information content (AvgIpc) is 3.29. The molecule has 0 saturated carbocycles. The van der Waals surface area contributed by atoms with Gasteiger partial charge >= 0.3 is 84.2 Å². The number of hydrogen-bond donors (Lipinski definition) is 0. The Morgan fingerprint density at radius 3 is 0.880 bits per heavy atom. The van der Waals surface area contributed by atoms with E-state index in [2.05, 4.69) is 89.0 Å². The van der Waals surface area contributed by atoms with Gasteiger partial charge in [-0.3, -0.25) is 0 Å². The van der Waals surface area contributed by atoms with E-state index in [1.807, 2.05) is 0 Å². The molecule has 0 atom stereocenters. The Bertz CT molecular complexity index is 459. The normalized spacial score (nSPS) is 6.48. The summed E-state index contributed by atoms with van der Waals surface area (Å²) in [5, 5.41) is 0. The molecule has 4 nitrogen and oxygen atoms in total. The van der Waals surface area contributed by atoms with Gasteiger partial charge in [0.05, 0.1) is 0 Å². The van der Waals surface area contributed by atoms with Gasteiger partial charge in [-0.25, -0.2) is 24.3 Å². The van der Waals surface area contributed by atoms with Crippen LogP contribution in [0.15, 0.2) is 48.5 Å². The van der Waals surface area contributed by atoms with Gasteiger partial charge in [0.15, 0.2) is 0 Å². The first-order chi connectivity index (χ1) is 10.2. The molecular weight excluding hydrogens is 494 g/mol. The second-order valence-corrected chi connectivity index (χ2v) is 3.97. The molecule has 0 saturated heterocycles. The van der Waals surface area contributed by atoms with Gasteiger partial charge in [0.25, 0.3) is 0 Å².